The van der Waals surface area contributed by atoms with Crippen LogP contribution in [-0.4, -0.2) is 10.9 Å². The minimum atomic E-state index is -0.443. The lowest BCUT2D eigenvalue weighted by atomic mass is 10.2. The molecule has 0 unspecified atom stereocenters. The standard InChI is InChI=1S/C19H14FN3O/c20-13-8-10-14(11-9-13)22-18-17-16(7-4-12-21-17)19(24)23(18)15-5-2-1-3-6-15/h1-12,18,22H/t18-/m0/s1. The maximum absolute atomic E-state index is 13.1. The molecule has 1 aliphatic rings. The van der Waals surface area contributed by atoms with Crippen LogP contribution in [0.5, 0.6) is 0 Å². The van der Waals surface area contributed by atoms with E-state index in [2.05, 4.69) is 10.3 Å². The van der Waals surface area contributed by atoms with Gasteiger partial charge in [0.25, 0.3) is 5.91 Å². The van der Waals surface area contributed by atoms with Crippen LogP contribution in [0, 0.1) is 5.82 Å². The highest BCUT2D eigenvalue weighted by Crippen LogP contribution is 2.36. The number of hydrogen-bond donors (Lipinski definition) is 1. The van der Waals surface area contributed by atoms with Crippen molar-refractivity contribution >= 4 is 17.3 Å². The van der Waals surface area contributed by atoms with Crippen LogP contribution in [0.1, 0.15) is 22.2 Å². The van der Waals surface area contributed by atoms with Crippen molar-refractivity contribution in [2.75, 3.05) is 10.2 Å². The Kier molecular flexibility index (Phi) is 3.46. The second kappa shape index (κ2) is 5.77. The van der Waals surface area contributed by atoms with Gasteiger partial charge in [0.15, 0.2) is 6.17 Å². The van der Waals surface area contributed by atoms with Gasteiger partial charge in [-0.05, 0) is 48.5 Å². The second-order valence-electron chi connectivity index (χ2n) is 5.50. The molecular formula is C19H14FN3O. The Hall–Kier alpha value is -3.21. The molecule has 118 valence electrons. The Labute approximate surface area is 138 Å². The summed E-state index contributed by atoms with van der Waals surface area (Å²) in [6, 6.07) is 19.0. The molecule has 0 bridgehead atoms. The van der Waals surface area contributed by atoms with Crippen molar-refractivity contribution in [2.45, 2.75) is 6.17 Å². The maximum Gasteiger partial charge on any atom is 0.262 e. The highest BCUT2D eigenvalue weighted by molar-refractivity contribution is 6.11. The summed E-state index contributed by atoms with van der Waals surface area (Å²) in [5.74, 6) is -0.412. The SMILES string of the molecule is O=C1c2cccnc2[C@@H](Nc2ccc(F)cc2)N1c1ccccc1. The lowest BCUT2D eigenvalue weighted by Gasteiger charge is -2.26. The summed E-state index contributed by atoms with van der Waals surface area (Å²) in [5, 5.41) is 3.28. The number of benzene rings is 2. The number of rotatable bonds is 3. The zero-order valence-corrected chi connectivity index (χ0v) is 12.7. The molecule has 0 saturated carbocycles. The van der Waals surface area contributed by atoms with Crippen molar-refractivity contribution in [1.29, 1.82) is 0 Å². The number of nitrogens with one attached hydrogen (secondary N) is 1. The molecule has 2 aromatic carbocycles. The third-order valence-corrected chi connectivity index (χ3v) is 3.99. The van der Waals surface area contributed by atoms with Crippen molar-refractivity contribution < 1.29 is 9.18 Å². The van der Waals surface area contributed by atoms with Crippen LogP contribution in [0.3, 0.4) is 0 Å². The van der Waals surface area contributed by atoms with Crippen LogP contribution in [0.25, 0.3) is 0 Å². The number of halogens is 1. The minimum absolute atomic E-state index is 0.107. The molecule has 4 rings (SSSR count). The van der Waals surface area contributed by atoms with E-state index in [1.54, 1.807) is 35.4 Å². The summed E-state index contributed by atoms with van der Waals surface area (Å²) < 4.78 is 13.1. The Morgan fingerprint density at radius 1 is 0.958 bits per heavy atom. The van der Waals surface area contributed by atoms with Crippen molar-refractivity contribution in [2.24, 2.45) is 0 Å². The molecule has 24 heavy (non-hydrogen) atoms. The number of anilines is 2. The van der Waals surface area contributed by atoms with Gasteiger partial charge in [-0.1, -0.05) is 18.2 Å². The first kappa shape index (κ1) is 14.4. The predicted molar refractivity (Wildman–Crippen MR) is 90.3 cm³/mol. The summed E-state index contributed by atoms with van der Waals surface area (Å²) in [4.78, 5) is 18.9. The number of para-hydroxylation sites is 1. The lowest BCUT2D eigenvalue weighted by molar-refractivity contribution is 0.0993. The van der Waals surface area contributed by atoms with Crippen molar-refractivity contribution in [1.82, 2.24) is 4.98 Å². The number of aromatic nitrogens is 1. The third-order valence-electron chi connectivity index (χ3n) is 3.99. The predicted octanol–water partition coefficient (Wildman–Crippen LogP) is 3.99. The van der Waals surface area contributed by atoms with E-state index < -0.39 is 6.17 Å². The van der Waals surface area contributed by atoms with Crippen LogP contribution in [0.2, 0.25) is 0 Å². The number of carbonyl (C=O) groups excluding carboxylic acids is 1. The van der Waals surface area contributed by atoms with Gasteiger partial charge in [-0.3, -0.25) is 14.7 Å². The first-order valence-electron chi connectivity index (χ1n) is 7.60. The zero-order valence-electron chi connectivity index (χ0n) is 12.7. The van der Waals surface area contributed by atoms with Crippen molar-refractivity contribution in [3.8, 4) is 0 Å². The Bertz CT molecular complexity index is 881. The van der Waals surface area contributed by atoms with Gasteiger partial charge >= 0.3 is 0 Å². The molecule has 4 nitrogen and oxygen atoms in total. The molecule has 0 radical (unpaired) electrons. The van der Waals surface area contributed by atoms with Gasteiger partial charge in [0.05, 0.1) is 11.3 Å². The fraction of sp³-hybridized carbons (Fsp3) is 0.0526. The van der Waals surface area contributed by atoms with E-state index in [4.69, 9.17) is 0 Å². The summed E-state index contributed by atoms with van der Waals surface area (Å²) in [7, 11) is 0. The van der Waals surface area contributed by atoms with Crippen molar-refractivity contribution in [3.05, 3.63) is 90.0 Å². The minimum Gasteiger partial charge on any atom is -0.360 e. The summed E-state index contributed by atoms with van der Waals surface area (Å²) in [6.45, 7) is 0. The Morgan fingerprint density at radius 3 is 2.46 bits per heavy atom. The van der Waals surface area contributed by atoms with Gasteiger partial charge in [-0.25, -0.2) is 4.39 Å². The van der Waals surface area contributed by atoms with E-state index in [1.807, 2.05) is 30.3 Å². The molecule has 0 fully saturated rings. The maximum atomic E-state index is 13.1. The second-order valence-corrected chi connectivity index (χ2v) is 5.50. The van der Waals surface area contributed by atoms with E-state index in [0.29, 0.717) is 16.9 Å². The molecule has 0 aliphatic carbocycles. The van der Waals surface area contributed by atoms with Gasteiger partial charge in [-0.2, -0.15) is 0 Å². The lowest BCUT2D eigenvalue weighted by Crippen LogP contribution is -2.32. The highest BCUT2D eigenvalue weighted by atomic mass is 19.1. The van der Waals surface area contributed by atoms with Gasteiger partial charge < -0.3 is 5.32 Å². The zero-order chi connectivity index (χ0) is 16.5. The molecular weight excluding hydrogens is 305 g/mol. The van der Waals surface area contributed by atoms with Crippen LogP contribution in [0.4, 0.5) is 15.8 Å². The van der Waals surface area contributed by atoms with Gasteiger partial charge in [0.1, 0.15) is 5.82 Å². The van der Waals surface area contributed by atoms with E-state index in [9.17, 15) is 9.18 Å². The molecule has 1 aromatic heterocycles. The number of amides is 1. The first-order valence-corrected chi connectivity index (χ1v) is 7.60. The number of pyridine rings is 1. The summed E-state index contributed by atoms with van der Waals surface area (Å²) >= 11 is 0. The van der Waals surface area contributed by atoms with Gasteiger partial charge in [-0.15, -0.1) is 0 Å². The number of carbonyl (C=O) groups is 1. The number of nitrogens with zero attached hydrogens (tertiary/aromatic N) is 2. The average molecular weight is 319 g/mol. The molecule has 1 atom stereocenters. The smallest absolute Gasteiger partial charge is 0.262 e. The van der Waals surface area contributed by atoms with Gasteiger partial charge in [0.2, 0.25) is 0 Å². The first-order chi connectivity index (χ1) is 11.7. The largest absolute Gasteiger partial charge is 0.360 e. The molecule has 2 heterocycles. The molecule has 1 aliphatic heterocycles. The summed E-state index contributed by atoms with van der Waals surface area (Å²) in [5.41, 5.74) is 2.73. The number of hydrogen-bond acceptors (Lipinski definition) is 3. The van der Waals surface area contributed by atoms with Crippen LogP contribution < -0.4 is 10.2 Å². The monoisotopic (exact) mass is 319 g/mol. The highest BCUT2D eigenvalue weighted by Gasteiger charge is 2.38. The number of fused-ring (bicyclic) bond motifs is 1. The third kappa shape index (κ3) is 2.40. The van der Waals surface area contributed by atoms with Crippen molar-refractivity contribution in [3.63, 3.8) is 0 Å². The van der Waals surface area contributed by atoms with E-state index in [-0.39, 0.29) is 11.7 Å². The van der Waals surface area contributed by atoms with Crippen LogP contribution in [0.15, 0.2) is 72.9 Å². The topological polar surface area (TPSA) is 45.2 Å². The van der Waals surface area contributed by atoms with Gasteiger partial charge in [0, 0.05) is 17.6 Å². The fourth-order valence-corrected chi connectivity index (χ4v) is 2.88. The normalized spacial score (nSPS) is 16.1. The van der Waals surface area contributed by atoms with Crippen LogP contribution in [-0.2, 0) is 0 Å². The molecule has 5 heteroatoms. The Morgan fingerprint density at radius 2 is 1.71 bits per heavy atom. The average Bonchev–Trinajstić information content (AvgIpc) is 2.90. The summed E-state index contributed by atoms with van der Waals surface area (Å²) in [6.07, 6.45) is 1.22. The molecule has 3 aromatic rings. The molecule has 0 saturated heterocycles. The fourth-order valence-electron chi connectivity index (χ4n) is 2.88. The van der Waals surface area contributed by atoms with E-state index in [0.717, 1.165) is 5.69 Å². The molecule has 1 N–H and O–H groups in total. The Balaban J connectivity index is 1.77. The molecule has 0 spiro atoms. The van der Waals surface area contributed by atoms with Crippen LogP contribution >= 0.6 is 0 Å². The van der Waals surface area contributed by atoms with E-state index in [1.165, 1.54) is 12.1 Å². The quantitative estimate of drug-likeness (QED) is 0.794. The molecule has 1 amide bonds. The van der Waals surface area contributed by atoms with E-state index >= 15 is 0 Å².